The van der Waals surface area contributed by atoms with Gasteiger partial charge in [0.25, 0.3) is 11.6 Å². The maximum absolute atomic E-state index is 13.1. The number of amides is 1. The summed E-state index contributed by atoms with van der Waals surface area (Å²) in [5.74, 6) is 0.233. The molecule has 0 saturated carbocycles. The summed E-state index contributed by atoms with van der Waals surface area (Å²) in [6, 6.07) is 10.8. The molecule has 0 radical (unpaired) electrons. The molecule has 1 N–H and O–H groups in total. The Bertz CT molecular complexity index is 967. The first kappa shape index (κ1) is 17.5. The molecule has 27 heavy (non-hydrogen) atoms. The highest BCUT2D eigenvalue weighted by molar-refractivity contribution is 5.98. The standard InChI is InChI=1S/C20H20N2O5/c1-19(2)20(3,24)17(15-10-13(22(25)26)8-9-16(15)27-19)21-11-12-6-4-5-7-14(12)18(21)23/h4-10,17,24H,11H2,1-3H3. The second-order valence-electron chi connectivity index (χ2n) is 7.73. The lowest BCUT2D eigenvalue weighted by Gasteiger charge is -2.51. The number of rotatable bonds is 2. The number of nitrogens with zero attached hydrogens (tertiary/aromatic N) is 2. The van der Waals surface area contributed by atoms with Crippen molar-refractivity contribution in [3.63, 3.8) is 0 Å². The third-order valence-corrected chi connectivity index (χ3v) is 5.78. The lowest BCUT2D eigenvalue weighted by molar-refractivity contribution is -0.385. The van der Waals surface area contributed by atoms with Crippen LogP contribution in [-0.4, -0.2) is 32.0 Å². The molecule has 2 heterocycles. The monoisotopic (exact) mass is 368 g/mol. The number of carbonyl (C=O) groups excluding carboxylic acids is 1. The Morgan fingerprint density at radius 1 is 1.22 bits per heavy atom. The quantitative estimate of drug-likeness (QED) is 0.649. The number of benzene rings is 2. The first-order valence-corrected chi connectivity index (χ1v) is 8.72. The van der Waals surface area contributed by atoms with Gasteiger partial charge in [-0.2, -0.15) is 0 Å². The fourth-order valence-electron chi connectivity index (χ4n) is 3.92. The number of aliphatic hydroxyl groups is 1. The van der Waals surface area contributed by atoms with Gasteiger partial charge in [-0.3, -0.25) is 14.9 Å². The van der Waals surface area contributed by atoms with E-state index < -0.39 is 22.2 Å². The SMILES string of the molecule is CC1(C)Oc2ccc([N+](=O)[O-])cc2C(N2Cc3ccccc3C2=O)C1(C)O. The second-order valence-corrected chi connectivity index (χ2v) is 7.73. The van der Waals surface area contributed by atoms with E-state index in [0.29, 0.717) is 23.4 Å². The molecule has 0 fully saturated rings. The number of nitro groups is 1. The molecule has 2 aromatic rings. The summed E-state index contributed by atoms with van der Waals surface area (Å²) >= 11 is 0. The Balaban J connectivity index is 1.89. The van der Waals surface area contributed by atoms with Crippen LogP contribution in [0.25, 0.3) is 0 Å². The van der Waals surface area contributed by atoms with E-state index in [1.165, 1.54) is 18.2 Å². The fraction of sp³-hybridized carbons (Fsp3) is 0.350. The van der Waals surface area contributed by atoms with Crippen LogP contribution in [0.1, 0.15) is 48.3 Å². The lowest BCUT2D eigenvalue weighted by atomic mass is 9.74. The van der Waals surface area contributed by atoms with Crippen LogP contribution in [-0.2, 0) is 6.54 Å². The minimum Gasteiger partial charge on any atom is -0.484 e. The molecule has 2 unspecified atom stereocenters. The number of fused-ring (bicyclic) bond motifs is 2. The van der Waals surface area contributed by atoms with Gasteiger partial charge in [0, 0.05) is 29.8 Å². The first-order valence-electron chi connectivity index (χ1n) is 8.72. The molecule has 2 aliphatic heterocycles. The van der Waals surface area contributed by atoms with Crippen molar-refractivity contribution < 1.29 is 19.6 Å². The molecule has 0 saturated heterocycles. The summed E-state index contributed by atoms with van der Waals surface area (Å²) in [4.78, 5) is 25.4. The van der Waals surface area contributed by atoms with E-state index in [1.54, 1.807) is 37.8 Å². The molecule has 0 bridgehead atoms. The maximum atomic E-state index is 13.1. The second kappa shape index (κ2) is 5.53. The van der Waals surface area contributed by atoms with Gasteiger partial charge in [0.15, 0.2) is 0 Å². The summed E-state index contributed by atoms with van der Waals surface area (Å²) in [6.07, 6.45) is 0. The lowest BCUT2D eigenvalue weighted by Crippen LogP contribution is -2.62. The van der Waals surface area contributed by atoms with Crippen molar-refractivity contribution in [3.8, 4) is 5.75 Å². The van der Waals surface area contributed by atoms with Crippen LogP contribution >= 0.6 is 0 Å². The van der Waals surface area contributed by atoms with E-state index in [9.17, 15) is 20.0 Å². The van der Waals surface area contributed by atoms with Crippen molar-refractivity contribution in [2.45, 2.75) is 44.6 Å². The van der Waals surface area contributed by atoms with Crippen LogP contribution in [0, 0.1) is 10.1 Å². The number of ether oxygens (including phenoxy) is 1. The Morgan fingerprint density at radius 3 is 2.59 bits per heavy atom. The van der Waals surface area contributed by atoms with Gasteiger partial charge in [-0.25, -0.2) is 0 Å². The van der Waals surface area contributed by atoms with E-state index in [-0.39, 0.29) is 11.6 Å². The minimum absolute atomic E-state index is 0.109. The summed E-state index contributed by atoms with van der Waals surface area (Å²) in [7, 11) is 0. The third-order valence-electron chi connectivity index (χ3n) is 5.78. The van der Waals surface area contributed by atoms with Gasteiger partial charge in [-0.1, -0.05) is 18.2 Å². The number of non-ortho nitro benzene ring substituents is 1. The normalized spacial score (nSPS) is 25.6. The molecule has 0 aromatic heterocycles. The summed E-state index contributed by atoms with van der Waals surface area (Å²) < 4.78 is 5.96. The zero-order valence-corrected chi connectivity index (χ0v) is 15.3. The highest BCUT2D eigenvalue weighted by Crippen LogP contribution is 2.51. The molecule has 2 atom stereocenters. The van der Waals surface area contributed by atoms with E-state index in [2.05, 4.69) is 0 Å². The molecule has 140 valence electrons. The average Bonchev–Trinajstić information content (AvgIpc) is 2.92. The van der Waals surface area contributed by atoms with Crippen molar-refractivity contribution in [3.05, 3.63) is 69.3 Å². The smallest absolute Gasteiger partial charge is 0.270 e. The summed E-state index contributed by atoms with van der Waals surface area (Å²) in [5.41, 5.74) is -0.682. The van der Waals surface area contributed by atoms with Gasteiger partial charge in [0.1, 0.15) is 17.0 Å². The largest absolute Gasteiger partial charge is 0.484 e. The fourth-order valence-corrected chi connectivity index (χ4v) is 3.92. The van der Waals surface area contributed by atoms with Crippen LogP contribution in [0.2, 0.25) is 0 Å². The molecule has 0 aliphatic carbocycles. The number of carbonyl (C=O) groups is 1. The molecule has 7 heteroatoms. The zero-order chi connectivity index (χ0) is 19.6. The Labute approximate surface area is 156 Å². The van der Waals surface area contributed by atoms with Crippen LogP contribution < -0.4 is 4.74 Å². The van der Waals surface area contributed by atoms with Crippen molar-refractivity contribution in [2.75, 3.05) is 0 Å². The Hall–Kier alpha value is -2.93. The topological polar surface area (TPSA) is 92.9 Å². The molecule has 2 aromatic carbocycles. The maximum Gasteiger partial charge on any atom is 0.270 e. The van der Waals surface area contributed by atoms with Crippen molar-refractivity contribution >= 4 is 11.6 Å². The van der Waals surface area contributed by atoms with Crippen LogP contribution in [0.3, 0.4) is 0 Å². The Kier molecular flexibility index (Phi) is 3.58. The summed E-state index contributed by atoms with van der Waals surface area (Å²) in [5, 5.41) is 22.7. The van der Waals surface area contributed by atoms with Gasteiger partial charge < -0.3 is 14.7 Å². The van der Waals surface area contributed by atoms with Crippen LogP contribution in [0.15, 0.2) is 42.5 Å². The highest BCUT2D eigenvalue weighted by Gasteiger charge is 2.56. The number of nitro benzene ring substituents is 1. The van der Waals surface area contributed by atoms with Crippen molar-refractivity contribution in [1.82, 2.24) is 4.90 Å². The molecule has 7 nitrogen and oxygen atoms in total. The van der Waals surface area contributed by atoms with Crippen molar-refractivity contribution in [1.29, 1.82) is 0 Å². The van der Waals surface area contributed by atoms with Gasteiger partial charge >= 0.3 is 0 Å². The predicted molar refractivity (Wildman–Crippen MR) is 97.5 cm³/mol. The van der Waals surface area contributed by atoms with Gasteiger partial charge in [-0.05, 0) is 38.5 Å². The zero-order valence-electron chi connectivity index (χ0n) is 15.3. The molecule has 4 rings (SSSR count). The molecular weight excluding hydrogens is 348 g/mol. The Morgan fingerprint density at radius 2 is 1.93 bits per heavy atom. The van der Waals surface area contributed by atoms with Gasteiger partial charge in [0.2, 0.25) is 0 Å². The highest BCUT2D eigenvalue weighted by atomic mass is 16.6. The van der Waals surface area contributed by atoms with E-state index in [1.807, 2.05) is 12.1 Å². The summed E-state index contributed by atoms with van der Waals surface area (Å²) in [6.45, 7) is 5.43. The number of hydrogen-bond acceptors (Lipinski definition) is 5. The van der Waals surface area contributed by atoms with Gasteiger partial charge in [0.05, 0.1) is 11.0 Å². The van der Waals surface area contributed by atoms with Gasteiger partial charge in [-0.15, -0.1) is 0 Å². The van der Waals surface area contributed by atoms with E-state index in [0.717, 1.165) is 5.56 Å². The first-order chi connectivity index (χ1) is 12.6. The minimum atomic E-state index is -1.47. The predicted octanol–water partition coefficient (Wildman–Crippen LogP) is 3.21. The molecule has 2 aliphatic rings. The third kappa shape index (κ3) is 2.42. The van der Waals surface area contributed by atoms with Crippen molar-refractivity contribution in [2.24, 2.45) is 0 Å². The molecule has 0 spiro atoms. The van der Waals surface area contributed by atoms with Crippen LogP contribution in [0.4, 0.5) is 5.69 Å². The average molecular weight is 368 g/mol. The molecule has 1 amide bonds. The van der Waals surface area contributed by atoms with E-state index >= 15 is 0 Å². The van der Waals surface area contributed by atoms with E-state index in [4.69, 9.17) is 4.74 Å². The number of hydrogen-bond donors (Lipinski definition) is 1. The molecular formula is C20H20N2O5. The van der Waals surface area contributed by atoms with Crippen LogP contribution in [0.5, 0.6) is 5.75 Å².